The fourth-order valence-corrected chi connectivity index (χ4v) is 4.66. The molecule has 0 saturated heterocycles. The second-order valence-corrected chi connectivity index (χ2v) is 10.6. The molecule has 0 aliphatic rings. The predicted molar refractivity (Wildman–Crippen MR) is 152 cm³/mol. The molecule has 10 heteroatoms. The zero-order valence-electron chi connectivity index (χ0n) is 21.2. The number of benzene rings is 4. The number of hydrogen-bond donors (Lipinski definition) is 2. The summed E-state index contributed by atoms with van der Waals surface area (Å²) < 4.78 is 38.9. The highest BCUT2D eigenvalue weighted by molar-refractivity contribution is 7.92. The monoisotopic (exact) mass is 563 g/mol. The Kier molecular flexibility index (Phi) is 8.85. The Morgan fingerprint density at radius 2 is 1.62 bits per heavy atom. The van der Waals surface area contributed by atoms with E-state index in [0.717, 1.165) is 11.1 Å². The topological polar surface area (TPSA) is 106 Å². The Morgan fingerprint density at radius 1 is 0.923 bits per heavy atom. The molecule has 0 aromatic heterocycles. The van der Waals surface area contributed by atoms with Crippen molar-refractivity contribution in [2.45, 2.75) is 18.4 Å². The van der Waals surface area contributed by atoms with Crippen LogP contribution in [0.5, 0.6) is 11.5 Å². The molecule has 0 aliphatic carbocycles. The van der Waals surface area contributed by atoms with Crippen LogP contribution < -0.4 is 19.6 Å². The fraction of sp³-hybridized carbons (Fsp3) is 0.103. The minimum absolute atomic E-state index is 0.155. The normalized spacial score (nSPS) is 11.3. The van der Waals surface area contributed by atoms with E-state index in [-0.39, 0.29) is 4.90 Å². The fourth-order valence-electron chi connectivity index (χ4n) is 3.48. The first-order chi connectivity index (χ1) is 18.7. The molecule has 0 unspecified atom stereocenters. The SMILES string of the molecule is COc1cc(/C=N\NC(=O)c2ccc(NS(=O)(=O)c3ccc(C)cc3)cc2)ccc1OCc1ccc(Cl)cc1. The summed E-state index contributed by atoms with van der Waals surface area (Å²) in [5.41, 5.74) is 5.72. The minimum Gasteiger partial charge on any atom is -0.493 e. The molecule has 0 spiro atoms. The van der Waals surface area contributed by atoms with E-state index in [0.29, 0.717) is 39.9 Å². The second kappa shape index (κ2) is 12.5. The highest BCUT2D eigenvalue weighted by Gasteiger charge is 2.14. The van der Waals surface area contributed by atoms with E-state index in [4.69, 9.17) is 21.1 Å². The quantitative estimate of drug-likeness (QED) is 0.187. The number of carbonyl (C=O) groups is 1. The van der Waals surface area contributed by atoms with Gasteiger partial charge in [-0.15, -0.1) is 0 Å². The molecule has 1 amide bonds. The lowest BCUT2D eigenvalue weighted by atomic mass is 10.2. The van der Waals surface area contributed by atoms with Gasteiger partial charge in [0.15, 0.2) is 11.5 Å². The van der Waals surface area contributed by atoms with E-state index in [1.807, 2.05) is 19.1 Å². The molecule has 0 heterocycles. The van der Waals surface area contributed by atoms with Gasteiger partial charge in [-0.25, -0.2) is 13.8 Å². The third-order valence-corrected chi connectivity index (χ3v) is 7.25. The number of ether oxygens (including phenoxy) is 2. The van der Waals surface area contributed by atoms with Crippen molar-refractivity contribution in [1.29, 1.82) is 0 Å². The third kappa shape index (κ3) is 7.59. The molecule has 0 atom stereocenters. The van der Waals surface area contributed by atoms with Crippen molar-refractivity contribution in [3.63, 3.8) is 0 Å². The zero-order valence-corrected chi connectivity index (χ0v) is 22.8. The van der Waals surface area contributed by atoms with Crippen LogP contribution in [0.25, 0.3) is 0 Å². The number of nitrogens with one attached hydrogen (secondary N) is 2. The van der Waals surface area contributed by atoms with Crippen LogP contribution >= 0.6 is 11.6 Å². The summed E-state index contributed by atoms with van der Waals surface area (Å²) in [5.74, 6) is 0.628. The van der Waals surface area contributed by atoms with Gasteiger partial charge in [-0.1, -0.05) is 41.4 Å². The van der Waals surface area contributed by atoms with Gasteiger partial charge in [-0.3, -0.25) is 9.52 Å². The van der Waals surface area contributed by atoms with Gasteiger partial charge < -0.3 is 9.47 Å². The van der Waals surface area contributed by atoms with Crippen LogP contribution in [0, 0.1) is 6.92 Å². The standard InChI is InChI=1S/C29H26ClN3O5S/c1-20-3-14-26(15-4-20)39(35,36)33-25-12-8-23(9-13-25)29(34)32-31-18-22-7-16-27(28(17-22)37-2)38-19-21-5-10-24(30)11-6-21/h3-18,33H,19H2,1-2H3,(H,32,34)/b31-18-. The van der Waals surface area contributed by atoms with Gasteiger partial charge in [0.05, 0.1) is 18.2 Å². The maximum Gasteiger partial charge on any atom is 0.271 e. The van der Waals surface area contributed by atoms with E-state index in [2.05, 4.69) is 15.2 Å². The molecule has 0 radical (unpaired) electrons. The van der Waals surface area contributed by atoms with Crippen LogP contribution in [0.2, 0.25) is 5.02 Å². The number of amides is 1. The second-order valence-electron chi connectivity index (χ2n) is 8.52. The Bertz CT molecular complexity index is 1570. The Morgan fingerprint density at radius 3 is 2.28 bits per heavy atom. The summed E-state index contributed by atoms with van der Waals surface area (Å²) in [7, 11) is -2.20. The van der Waals surface area contributed by atoms with E-state index >= 15 is 0 Å². The molecule has 0 bridgehead atoms. The van der Waals surface area contributed by atoms with Crippen molar-refractivity contribution in [3.8, 4) is 11.5 Å². The first-order valence-electron chi connectivity index (χ1n) is 11.8. The van der Waals surface area contributed by atoms with Gasteiger partial charge in [0.2, 0.25) is 0 Å². The number of hydrogen-bond acceptors (Lipinski definition) is 6. The van der Waals surface area contributed by atoms with Crippen molar-refractivity contribution in [2.24, 2.45) is 5.10 Å². The number of rotatable bonds is 10. The van der Waals surface area contributed by atoms with Crippen molar-refractivity contribution < 1.29 is 22.7 Å². The van der Waals surface area contributed by atoms with E-state index < -0.39 is 15.9 Å². The van der Waals surface area contributed by atoms with Crippen LogP contribution in [-0.4, -0.2) is 27.6 Å². The van der Waals surface area contributed by atoms with E-state index in [1.165, 1.54) is 49.7 Å². The zero-order chi connectivity index (χ0) is 27.8. The third-order valence-electron chi connectivity index (χ3n) is 5.61. The molecule has 0 saturated carbocycles. The van der Waals surface area contributed by atoms with Gasteiger partial charge in [0.1, 0.15) is 6.61 Å². The number of nitrogens with zero attached hydrogens (tertiary/aromatic N) is 1. The smallest absolute Gasteiger partial charge is 0.271 e. The Labute approximate surface area is 232 Å². The average molecular weight is 564 g/mol. The minimum atomic E-state index is -3.73. The number of anilines is 1. The summed E-state index contributed by atoms with van der Waals surface area (Å²) in [6.07, 6.45) is 1.48. The summed E-state index contributed by atoms with van der Waals surface area (Å²) in [6.45, 7) is 2.23. The number of hydrazone groups is 1. The largest absolute Gasteiger partial charge is 0.493 e. The molecule has 4 aromatic carbocycles. The lowest BCUT2D eigenvalue weighted by molar-refractivity contribution is 0.0955. The summed E-state index contributed by atoms with van der Waals surface area (Å²) in [6, 6.07) is 25.2. The maximum atomic E-state index is 12.6. The van der Waals surface area contributed by atoms with Crippen LogP contribution in [0.4, 0.5) is 5.69 Å². The van der Waals surface area contributed by atoms with Gasteiger partial charge in [0.25, 0.3) is 15.9 Å². The molecule has 0 fully saturated rings. The lowest BCUT2D eigenvalue weighted by Gasteiger charge is -2.11. The van der Waals surface area contributed by atoms with E-state index in [1.54, 1.807) is 42.5 Å². The first-order valence-corrected chi connectivity index (χ1v) is 13.7. The maximum absolute atomic E-state index is 12.6. The number of halogens is 1. The van der Waals surface area contributed by atoms with Crippen LogP contribution in [0.1, 0.15) is 27.0 Å². The van der Waals surface area contributed by atoms with Crippen molar-refractivity contribution >= 4 is 39.4 Å². The van der Waals surface area contributed by atoms with Crippen molar-refractivity contribution in [3.05, 3.63) is 118 Å². The summed E-state index contributed by atoms with van der Waals surface area (Å²) >= 11 is 5.92. The highest BCUT2D eigenvalue weighted by Crippen LogP contribution is 2.28. The number of carbonyl (C=O) groups excluding carboxylic acids is 1. The molecule has 4 rings (SSSR count). The number of methoxy groups -OCH3 is 1. The lowest BCUT2D eigenvalue weighted by Crippen LogP contribution is -2.18. The van der Waals surface area contributed by atoms with Gasteiger partial charge in [-0.05, 0) is 84.8 Å². The number of aryl methyl sites for hydroxylation is 1. The summed E-state index contributed by atoms with van der Waals surface area (Å²) in [4.78, 5) is 12.6. The van der Waals surface area contributed by atoms with Crippen LogP contribution in [0.3, 0.4) is 0 Å². The predicted octanol–water partition coefficient (Wildman–Crippen LogP) is 5.80. The van der Waals surface area contributed by atoms with Crippen LogP contribution in [0.15, 0.2) is 101 Å². The first kappa shape index (κ1) is 27.7. The Hall–Kier alpha value is -4.34. The molecule has 2 N–H and O–H groups in total. The van der Waals surface area contributed by atoms with Crippen molar-refractivity contribution in [2.75, 3.05) is 11.8 Å². The van der Waals surface area contributed by atoms with Crippen LogP contribution in [-0.2, 0) is 16.6 Å². The molecule has 39 heavy (non-hydrogen) atoms. The number of sulfonamides is 1. The van der Waals surface area contributed by atoms with Gasteiger partial charge in [-0.2, -0.15) is 5.10 Å². The summed E-state index contributed by atoms with van der Waals surface area (Å²) in [5, 5.41) is 4.67. The van der Waals surface area contributed by atoms with Gasteiger partial charge in [0, 0.05) is 16.3 Å². The molecule has 4 aromatic rings. The van der Waals surface area contributed by atoms with Crippen molar-refractivity contribution in [1.82, 2.24) is 5.43 Å². The molecule has 0 aliphatic heterocycles. The molecular weight excluding hydrogens is 538 g/mol. The van der Waals surface area contributed by atoms with Gasteiger partial charge >= 0.3 is 0 Å². The molecular formula is C29H26ClN3O5S. The van der Waals surface area contributed by atoms with E-state index in [9.17, 15) is 13.2 Å². The molecule has 200 valence electrons. The highest BCUT2D eigenvalue weighted by atomic mass is 35.5. The Balaban J connectivity index is 1.33. The molecule has 8 nitrogen and oxygen atoms in total. The average Bonchev–Trinajstić information content (AvgIpc) is 2.93.